The summed E-state index contributed by atoms with van der Waals surface area (Å²) >= 11 is 0. The maximum atomic E-state index is 12.0. The Kier molecular flexibility index (Phi) is 9.11. The number of nitrogens with zero attached hydrogens (tertiary/aromatic N) is 1. The molecule has 0 amide bonds. The molecule has 8 nitrogen and oxygen atoms in total. The first-order valence-corrected chi connectivity index (χ1v) is 8.36. The molecule has 1 aromatic rings. The van der Waals surface area contributed by atoms with Crippen LogP contribution in [0.25, 0.3) is 0 Å². The van der Waals surface area contributed by atoms with Crippen LogP contribution in [0.15, 0.2) is 12.1 Å². The number of carbonyl (C=O) groups is 2. The van der Waals surface area contributed by atoms with Gasteiger partial charge in [-0.3, -0.25) is 9.59 Å². The summed E-state index contributed by atoms with van der Waals surface area (Å²) in [5.41, 5.74) is 0.636. The Balaban J connectivity index is 3.14. The molecule has 0 unspecified atom stereocenters. The maximum Gasteiger partial charge on any atom is 0.325 e. The average molecular weight is 369 g/mol. The van der Waals surface area contributed by atoms with Gasteiger partial charge in [-0.05, 0) is 13.8 Å². The first kappa shape index (κ1) is 21.4. The lowest BCUT2D eigenvalue weighted by molar-refractivity contribution is -0.144. The Morgan fingerprint density at radius 2 is 1.42 bits per heavy atom. The van der Waals surface area contributed by atoms with Crippen LogP contribution in [0.1, 0.15) is 20.3 Å². The van der Waals surface area contributed by atoms with Gasteiger partial charge < -0.3 is 28.6 Å². The lowest BCUT2D eigenvalue weighted by Gasteiger charge is -2.25. The second-order valence-corrected chi connectivity index (χ2v) is 5.17. The molecule has 0 N–H and O–H groups in total. The zero-order valence-corrected chi connectivity index (χ0v) is 16.0. The molecule has 0 radical (unpaired) electrons. The molecule has 0 atom stereocenters. The van der Waals surface area contributed by atoms with E-state index in [1.807, 2.05) is 0 Å². The molecule has 1 rings (SSSR count). The van der Waals surface area contributed by atoms with Gasteiger partial charge in [-0.1, -0.05) is 0 Å². The van der Waals surface area contributed by atoms with Crippen LogP contribution < -0.4 is 19.1 Å². The van der Waals surface area contributed by atoms with Gasteiger partial charge in [-0.25, -0.2) is 0 Å². The first-order valence-electron chi connectivity index (χ1n) is 8.36. The third-order valence-electron chi connectivity index (χ3n) is 3.53. The summed E-state index contributed by atoms with van der Waals surface area (Å²) in [5, 5.41) is 0. The van der Waals surface area contributed by atoms with Gasteiger partial charge in [0.25, 0.3) is 0 Å². The summed E-state index contributed by atoms with van der Waals surface area (Å²) in [7, 11) is 4.53. The van der Waals surface area contributed by atoms with Gasteiger partial charge in [0.1, 0.15) is 6.54 Å². The van der Waals surface area contributed by atoms with E-state index < -0.39 is 5.97 Å². The van der Waals surface area contributed by atoms with Crippen molar-refractivity contribution in [2.24, 2.45) is 0 Å². The molecule has 0 heterocycles. The van der Waals surface area contributed by atoms with Crippen LogP contribution in [0, 0.1) is 0 Å². The van der Waals surface area contributed by atoms with Gasteiger partial charge in [-0.15, -0.1) is 0 Å². The summed E-state index contributed by atoms with van der Waals surface area (Å²) in [4.78, 5) is 25.4. The van der Waals surface area contributed by atoms with E-state index in [1.54, 1.807) is 30.9 Å². The second kappa shape index (κ2) is 11.1. The largest absolute Gasteiger partial charge is 0.493 e. The third kappa shape index (κ3) is 6.02. The summed E-state index contributed by atoms with van der Waals surface area (Å²) in [6.07, 6.45) is 0.129. The monoisotopic (exact) mass is 369 g/mol. The summed E-state index contributed by atoms with van der Waals surface area (Å²) in [6, 6.07) is 3.43. The highest BCUT2D eigenvalue weighted by atomic mass is 16.5. The molecule has 0 saturated carbocycles. The van der Waals surface area contributed by atoms with E-state index in [0.29, 0.717) is 29.5 Å². The number of hydrogen-bond acceptors (Lipinski definition) is 8. The number of methoxy groups -OCH3 is 3. The summed E-state index contributed by atoms with van der Waals surface area (Å²) < 4.78 is 26.0. The minimum atomic E-state index is -0.398. The average Bonchev–Trinajstić information content (AvgIpc) is 2.64. The maximum absolute atomic E-state index is 12.0. The van der Waals surface area contributed by atoms with Gasteiger partial charge in [0.2, 0.25) is 5.75 Å². The quantitative estimate of drug-likeness (QED) is 0.548. The highest BCUT2D eigenvalue weighted by Gasteiger charge is 2.20. The van der Waals surface area contributed by atoms with Crippen LogP contribution in [0.5, 0.6) is 17.2 Å². The molecule has 0 aliphatic carbocycles. The minimum Gasteiger partial charge on any atom is -0.493 e. The normalized spacial score (nSPS) is 10.0. The van der Waals surface area contributed by atoms with Crippen molar-refractivity contribution in [3.05, 3.63) is 12.1 Å². The van der Waals surface area contributed by atoms with Crippen molar-refractivity contribution in [2.75, 3.05) is 52.5 Å². The van der Waals surface area contributed by atoms with Gasteiger partial charge in [0.15, 0.2) is 11.5 Å². The van der Waals surface area contributed by atoms with Crippen molar-refractivity contribution in [2.45, 2.75) is 20.3 Å². The Bertz CT molecular complexity index is 578. The zero-order chi connectivity index (χ0) is 19.5. The van der Waals surface area contributed by atoms with Crippen LogP contribution in [0.3, 0.4) is 0 Å². The van der Waals surface area contributed by atoms with Crippen molar-refractivity contribution < 1.29 is 33.3 Å². The van der Waals surface area contributed by atoms with E-state index in [2.05, 4.69) is 0 Å². The fraction of sp³-hybridized carbons (Fsp3) is 0.556. The minimum absolute atomic E-state index is 0.0219. The molecule has 0 saturated heterocycles. The van der Waals surface area contributed by atoms with Crippen molar-refractivity contribution in [3.8, 4) is 17.2 Å². The number of benzene rings is 1. The molecular formula is C18H27NO7. The Morgan fingerprint density at radius 3 is 1.88 bits per heavy atom. The van der Waals surface area contributed by atoms with Crippen molar-refractivity contribution in [1.29, 1.82) is 0 Å². The summed E-state index contributed by atoms with van der Waals surface area (Å²) in [6.45, 7) is 4.32. The van der Waals surface area contributed by atoms with Gasteiger partial charge >= 0.3 is 11.9 Å². The summed E-state index contributed by atoms with van der Waals surface area (Å²) in [5.74, 6) is 0.609. The molecule has 8 heteroatoms. The molecule has 146 valence electrons. The fourth-order valence-electron chi connectivity index (χ4n) is 2.37. The molecule has 26 heavy (non-hydrogen) atoms. The fourth-order valence-corrected chi connectivity index (χ4v) is 2.37. The number of anilines is 1. The Labute approximate surface area is 153 Å². The van der Waals surface area contributed by atoms with E-state index in [4.69, 9.17) is 23.7 Å². The van der Waals surface area contributed by atoms with Gasteiger partial charge in [0.05, 0.1) is 41.0 Å². The highest BCUT2D eigenvalue weighted by molar-refractivity contribution is 5.78. The van der Waals surface area contributed by atoms with Crippen molar-refractivity contribution in [3.63, 3.8) is 0 Å². The van der Waals surface area contributed by atoms with Crippen molar-refractivity contribution in [1.82, 2.24) is 0 Å². The number of ether oxygens (including phenoxy) is 5. The zero-order valence-electron chi connectivity index (χ0n) is 16.0. The smallest absolute Gasteiger partial charge is 0.325 e. The Hall–Kier alpha value is -2.64. The lowest BCUT2D eigenvalue weighted by Crippen LogP contribution is -2.33. The number of hydrogen-bond donors (Lipinski definition) is 0. The molecule has 0 spiro atoms. The van der Waals surface area contributed by atoms with Crippen LogP contribution in [0.4, 0.5) is 5.69 Å². The van der Waals surface area contributed by atoms with E-state index in [9.17, 15) is 9.59 Å². The van der Waals surface area contributed by atoms with E-state index in [-0.39, 0.29) is 32.1 Å². The molecule has 0 bridgehead atoms. The molecule has 0 fully saturated rings. The molecule has 0 aromatic heterocycles. The van der Waals surface area contributed by atoms with E-state index in [0.717, 1.165) is 0 Å². The van der Waals surface area contributed by atoms with Crippen LogP contribution in [0.2, 0.25) is 0 Å². The van der Waals surface area contributed by atoms with E-state index >= 15 is 0 Å². The SMILES string of the molecule is CCOC(=O)CCN(CC(=O)OCC)c1cc(OC)c(OC)c(OC)c1. The van der Waals surface area contributed by atoms with Crippen LogP contribution >= 0.6 is 0 Å². The van der Waals surface area contributed by atoms with Crippen molar-refractivity contribution >= 4 is 17.6 Å². The first-order chi connectivity index (χ1) is 12.5. The second-order valence-electron chi connectivity index (χ2n) is 5.17. The topological polar surface area (TPSA) is 83.5 Å². The van der Waals surface area contributed by atoms with Crippen LogP contribution in [-0.2, 0) is 19.1 Å². The van der Waals surface area contributed by atoms with Crippen LogP contribution in [-0.4, -0.2) is 59.6 Å². The predicted octanol–water partition coefficient (Wildman–Crippen LogP) is 2.04. The van der Waals surface area contributed by atoms with Gasteiger partial charge in [0, 0.05) is 24.4 Å². The third-order valence-corrected chi connectivity index (χ3v) is 3.53. The van der Waals surface area contributed by atoms with Gasteiger partial charge in [-0.2, -0.15) is 0 Å². The predicted molar refractivity (Wildman–Crippen MR) is 96.2 cm³/mol. The number of carbonyl (C=O) groups excluding carboxylic acids is 2. The number of esters is 2. The molecule has 0 aliphatic heterocycles. The number of rotatable bonds is 11. The molecular weight excluding hydrogens is 342 g/mol. The Morgan fingerprint density at radius 1 is 0.885 bits per heavy atom. The molecule has 1 aromatic carbocycles. The van der Waals surface area contributed by atoms with E-state index in [1.165, 1.54) is 21.3 Å². The lowest BCUT2D eigenvalue weighted by atomic mass is 10.2. The standard InChI is InChI=1S/C18H27NO7/c1-6-25-16(20)8-9-19(12-17(21)26-7-2)13-10-14(22-3)18(24-5)15(11-13)23-4/h10-11H,6-9,12H2,1-5H3. The highest BCUT2D eigenvalue weighted by Crippen LogP contribution is 2.41. The molecule has 0 aliphatic rings.